The fourth-order valence-electron chi connectivity index (χ4n) is 1.85. The molecule has 2 N–H and O–H groups in total. The molecular formula is C14H22N2O3S. The van der Waals surface area contributed by atoms with Crippen LogP contribution in [0.5, 0.6) is 0 Å². The molecule has 0 radical (unpaired) electrons. The second-order valence-corrected chi connectivity index (χ2v) is 6.10. The highest BCUT2D eigenvalue weighted by Crippen LogP contribution is 2.12. The quantitative estimate of drug-likeness (QED) is 0.813. The standard InChI is InChI=1S/C14H22N2O3S/c1-4-16(9-11-6-5-7-20-11)14(19)15-12(13(17)18)8-10(2)3/h5-7,10,12H,4,8-9H2,1-3H3,(H,15,19)(H,17,18)/t12-/m0/s1. The molecule has 6 heteroatoms. The first kappa shape index (κ1) is 16.5. The minimum absolute atomic E-state index is 0.212. The number of hydrogen-bond donors (Lipinski definition) is 2. The van der Waals surface area contributed by atoms with E-state index in [-0.39, 0.29) is 11.9 Å². The first-order valence-electron chi connectivity index (χ1n) is 6.74. The van der Waals surface area contributed by atoms with E-state index in [9.17, 15) is 9.59 Å². The van der Waals surface area contributed by atoms with Gasteiger partial charge in [0.15, 0.2) is 0 Å². The molecule has 0 saturated carbocycles. The van der Waals surface area contributed by atoms with Crippen molar-refractivity contribution in [1.82, 2.24) is 10.2 Å². The molecule has 112 valence electrons. The average Bonchev–Trinajstić information content (AvgIpc) is 2.87. The van der Waals surface area contributed by atoms with Crippen LogP contribution in [0.4, 0.5) is 4.79 Å². The lowest BCUT2D eigenvalue weighted by Gasteiger charge is -2.24. The summed E-state index contributed by atoms with van der Waals surface area (Å²) in [6.45, 7) is 6.80. The molecule has 1 heterocycles. The largest absolute Gasteiger partial charge is 0.480 e. The van der Waals surface area contributed by atoms with Crippen LogP contribution in [0.15, 0.2) is 17.5 Å². The summed E-state index contributed by atoms with van der Waals surface area (Å²) in [6, 6.07) is 2.74. The fourth-order valence-corrected chi connectivity index (χ4v) is 2.57. The SMILES string of the molecule is CCN(Cc1cccs1)C(=O)N[C@@H](CC(C)C)C(=O)O. The Balaban J connectivity index is 2.63. The van der Waals surface area contributed by atoms with E-state index < -0.39 is 12.0 Å². The maximum absolute atomic E-state index is 12.2. The van der Waals surface area contributed by atoms with Gasteiger partial charge in [-0.3, -0.25) is 0 Å². The number of thiophene rings is 1. The molecule has 0 aromatic carbocycles. The van der Waals surface area contributed by atoms with Crippen LogP contribution in [0.25, 0.3) is 0 Å². The molecule has 5 nitrogen and oxygen atoms in total. The van der Waals surface area contributed by atoms with Gasteiger partial charge in [0, 0.05) is 11.4 Å². The summed E-state index contributed by atoms with van der Waals surface area (Å²) < 4.78 is 0. The number of carbonyl (C=O) groups excluding carboxylic acids is 1. The van der Waals surface area contributed by atoms with Crippen LogP contribution in [0.3, 0.4) is 0 Å². The van der Waals surface area contributed by atoms with E-state index in [1.165, 1.54) is 0 Å². The molecule has 0 bridgehead atoms. The van der Waals surface area contributed by atoms with E-state index in [0.717, 1.165) is 4.88 Å². The van der Waals surface area contributed by atoms with E-state index in [4.69, 9.17) is 5.11 Å². The molecule has 0 unspecified atom stereocenters. The van der Waals surface area contributed by atoms with Crippen molar-refractivity contribution in [2.24, 2.45) is 5.92 Å². The Morgan fingerprint density at radius 1 is 1.45 bits per heavy atom. The van der Waals surface area contributed by atoms with Gasteiger partial charge in [-0.1, -0.05) is 19.9 Å². The smallest absolute Gasteiger partial charge is 0.326 e. The molecule has 20 heavy (non-hydrogen) atoms. The van der Waals surface area contributed by atoms with Crippen LogP contribution in [0.2, 0.25) is 0 Å². The van der Waals surface area contributed by atoms with Gasteiger partial charge in [-0.05, 0) is 30.7 Å². The van der Waals surface area contributed by atoms with Gasteiger partial charge in [-0.2, -0.15) is 0 Å². The van der Waals surface area contributed by atoms with Gasteiger partial charge in [0.05, 0.1) is 6.54 Å². The van der Waals surface area contributed by atoms with E-state index in [0.29, 0.717) is 19.5 Å². The number of carbonyl (C=O) groups is 2. The molecule has 1 aromatic heterocycles. The number of nitrogens with zero attached hydrogens (tertiary/aromatic N) is 1. The predicted molar refractivity (Wildman–Crippen MR) is 79.8 cm³/mol. The van der Waals surface area contributed by atoms with Crippen LogP contribution in [-0.4, -0.2) is 34.6 Å². The summed E-state index contributed by atoms with van der Waals surface area (Å²) in [5, 5.41) is 13.7. The zero-order valence-electron chi connectivity index (χ0n) is 12.1. The number of urea groups is 1. The third-order valence-corrected chi connectivity index (χ3v) is 3.76. The Bertz CT molecular complexity index is 432. The molecule has 0 aliphatic heterocycles. The van der Waals surface area contributed by atoms with Gasteiger partial charge in [0.25, 0.3) is 0 Å². The Morgan fingerprint density at radius 3 is 2.60 bits per heavy atom. The highest BCUT2D eigenvalue weighted by molar-refractivity contribution is 7.09. The summed E-state index contributed by atoms with van der Waals surface area (Å²) in [6.07, 6.45) is 0.428. The Kier molecular flexibility index (Phi) is 6.51. The van der Waals surface area contributed by atoms with Gasteiger partial charge < -0.3 is 15.3 Å². The van der Waals surface area contributed by atoms with Gasteiger partial charge in [-0.25, -0.2) is 9.59 Å². The lowest BCUT2D eigenvalue weighted by atomic mass is 10.0. The van der Waals surface area contributed by atoms with Crippen molar-refractivity contribution in [2.75, 3.05) is 6.54 Å². The number of carboxylic acids is 1. The minimum atomic E-state index is -0.987. The lowest BCUT2D eigenvalue weighted by Crippen LogP contribution is -2.48. The highest BCUT2D eigenvalue weighted by Gasteiger charge is 2.23. The molecule has 1 aromatic rings. The second-order valence-electron chi connectivity index (χ2n) is 5.06. The van der Waals surface area contributed by atoms with Crippen molar-refractivity contribution in [3.63, 3.8) is 0 Å². The maximum Gasteiger partial charge on any atom is 0.326 e. The van der Waals surface area contributed by atoms with Crippen LogP contribution in [0.1, 0.15) is 32.1 Å². The third kappa shape index (κ3) is 5.21. The van der Waals surface area contributed by atoms with Crippen molar-refractivity contribution < 1.29 is 14.7 Å². The third-order valence-electron chi connectivity index (χ3n) is 2.90. The topological polar surface area (TPSA) is 69.6 Å². The van der Waals surface area contributed by atoms with Crippen molar-refractivity contribution in [3.05, 3.63) is 22.4 Å². The molecule has 2 amide bonds. The number of hydrogen-bond acceptors (Lipinski definition) is 3. The van der Waals surface area contributed by atoms with Crippen molar-refractivity contribution in [1.29, 1.82) is 0 Å². The normalized spacial score (nSPS) is 12.2. The zero-order chi connectivity index (χ0) is 15.1. The Morgan fingerprint density at radius 2 is 2.15 bits per heavy atom. The fraction of sp³-hybridized carbons (Fsp3) is 0.571. The number of aliphatic carboxylic acids is 1. The van der Waals surface area contributed by atoms with Crippen molar-refractivity contribution >= 4 is 23.3 Å². The molecule has 0 aliphatic rings. The zero-order valence-corrected chi connectivity index (χ0v) is 12.9. The summed E-state index contributed by atoms with van der Waals surface area (Å²) >= 11 is 1.58. The van der Waals surface area contributed by atoms with Crippen molar-refractivity contribution in [2.45, 2.75) is 39.8 Å². The first-order valence-corrected chi connectivity index (χ1v) is 7.62. The van der Waals surface area contributed by atoms with E-state index >= 15 is 0 Å². The van der Waals surface area contributed by atoms with E-state index in [1.54, 1.807) is 16.2 Å². The van der Waals surface area contributed by atoms with Gasteiger partial charge in [-0.15, -0.1) is 11.3 Å². The predicted octanol–water partition coefficient (Wildman–Crippen LogP) is 2.78. The van der Waals surface area contributed by atoms with Crippen LogP contribution < -0.4 is 5.32 Å². The lowest BCUT2D eigenvalue weighted by molar-refractivity contribution is -0.139. The second kappa shape index (κ2) is 7.89. The van der Waals surface area contributed by atoms with Crippen LogP contribution >= 0.6 is 11.3 Å². The van der Waals surface area contributed by atoms with Crippen molar-refractivity contribution in [3.8, 4) is 0 Å². The van der Waals surface area contributed by atoms with Gasteiger partial charge >= 0.3 is 12.0 Å². The number of rotatable bonds is 7. The summed E-state index contributed by atoms with van der Waals surface area (Å²) in [5.41, 5.74) is 0. The summed E-state index contributed by atoms with van der Waals surface area (Å²) in [4.78, 5) is 26.0. The molecular weight excluding hydrogens is 276 g/mol. The highest BCUT2D eigenvalue weighted by atomic mass is 32.1. The number of nitrogens with one attached hydrogen (secondary N) is 1. The average molecular weight is 298 g/mol. The Hall–Kier alpha value is -1.56. The maximum atomic E-state index is 12.2. The number of amides is 2. The summed E-state index contributed by atoms with van der Waals surface area (Å²) in [7, 11) is 0. The first-order chi connectivity index (χ1) is 9.43. The van der Waals surface area contributed by atoms with E-state index in [1.807, 2.05) is 38.3 Å². The van der Waals surface area contributed by atoms with Gasteiger partial charge in [0.2, 0.25) is 0 Å². The van der Waals surface area contributed by atoms with Gasteiger partial charge in [0.1, 0.15) is 6.04 Å². The number of carboxylic acid groups (broad SMARTS) is 1. The minimum Gasteiger partial charge on any atom is -0.480 e. The Labute approximate surface area is 123 Å². The molecule has 0 saturated heterocycles. The van der Waals surface area contributed by atoms with Crippen LogP contribution in [-0.2, 0) is 11.3 Å². The summed E-state index contributed by atoms with van der Waals surface area (Å²) in [5.74, 6) is -0.775. The van der Waals surface area contributed by atoms with E-state index in [2.05, 4.69) is 5.32 Å². The monoisotopic (exact) mass is 298 g/mol. The molecule has 1 rings (SSSR count). The molecule has 0 spiro atoms. The molecule has 0 aliphatic carbocycles. The molecule has 0 fully saturated rings. The molecule has 1 atom stereocenters. The van der Waals surface area contributed by atoms with Crippen LogP contribution in [0, 0.1) is 5.92 Å².